The average Bonchev–Trinajstić information content (AvgIpc) is 2.44. The lowest BCUT2D eigenvalue weighted by Gasteiger charge is -2.32. The van der Waals surface area contributed by atoms with Crippen LogP contribution in [0.3, 0.4) is 0 Å². The van der Waals surface area contributed by atoms with Gasteiger partial charge in [0.2, 0.25) is 0 Å². The van der Waals surface area contributed by atoms with E-state index in [2.05, 4.69) is 61.3 Å². The van der Waals surface area contributed by atoms with Crippen LogP contribution in [0.4, 0.5) is 5.69 Å². The van der Waals surface area contributed by atoms with E-state index in [-0.39, 0.29) is 0 Å². The van der Waals surface area contributed by atoms with Gasteiger partial charge in [-0.05, 0) is 45.9 Å². The van der Waals surface area contributed by atoms with Gasteiger partial charge in [0.05, 0.1) is 6.07 Å². The van der Waals surface area contributed by atoms with Gasteiger partial charge in [0.15, 0.2) is 0 Å². The number of anilines is 1. The van der Waals surface area contributed by atoms with Gasteiger partial charge < -0.3 is 4.90 Å². The van der Waals surface area contributed by atoms with Gasteiger partial charge in [-0.25, -0.2) is 0 Å². The minimum atomic E-state index is -0.503. The van der Waals surface area contributed by atoms with Crippen LogP contribution in [-0.2, 0) is 0 Å². The lowest BCUT2D eigenvalue weighted by Crippen LogP contribution is -2.50. The molecule has 0 aromatic heterocycles. The molecule has 1 rings (SSSR count). The molecule has 1 aromatic rings. The highest BCUT2D eigenvalue weighted by atomic mass is 15.2. The molecular weight excluding hydrogens is 234 g/mol. The monoisotopic (exact) mass is 259 g/mol. The Hall–Kier alpha value is -1.53. The second kappa shape index (κ2) is 7.16. The van der Waals surface area contributed by atoms with Crippen LogP contribution in [-0.4, -0.2) is 25.2 Å². The molecule has 1 N–H and O–H groups in total. The zero-order chi connectivity index (χ0) is 14.3. The van der Waals surface area contributed by atoms with E-state index in [0.717, 1.165) is 19.5 Å². The van der Waals surface area contributed by atoms with Gasteiger partial charge in [-0.2, -0.15) is 5.26 Å². The lowest BCUT2D eigenvalue weighted by molar-refractivity contribution is 0.444. The molecule has 0 aliphatic rings. The second-order valence-corrected chi connectivity index (χ2v) is 5.22. The van der Waals surface area contributed by atoms with Crippen molar-refractivity contribution in [2.24, 2.45) is 0 Å². The average molecular weight is 259 g/mol. The molecule has 0 fully saturated rings. The van der Waals surface area contributed by atoms with Gasteiger partial charge in [-0.1, -0.05) is 24.6 Å². The van der Waals surface area contributed by atoms with Crippen LogP contribution in [0.1, 0.15) is 32.8 Å². The summed E-state index contributed by atoms with van der Waals surface area (Å²) in [7, 11) is 0. The molecule has 0 amide bonds. The van der Waals surface area contributed by atoms with E-state index in [1.54, 1.807) is 0 Å². The van der Waals surface area contributed by atoms with Crippen LogP contribution in [0, 0.1) is 18.3 Å². The van der Waals surface area contributed by atoms with E-state index >= 15 is 0 Å². The molecule has 0 spiro atoms. The molecule has 0 radical (unpaired) electrons. The fourth-order valence-corrected chi connectivity index (χ4v) is 2.05. The SMILES string of the molecule is CCCNC(C)(C#N)CN(CC)c1ccc(C)cc1. The maximum Gasteiger partial charge on any atom is 0.121 e. The summed E-state index contributed by atoms with van der Waals surface area (Å²) < 4.78 is 0. The normalized spacial score (nSPS) is 13.6. The number of nitriles is 1. The van der Waals surface area contributed by atoms with E-state index in [1.807, 2.05) is 6.92 Å². The number of aryl methyl sites for hydroxylation is 1. The molecular formula is C16H25N3. The van der Waals surface area contributed by atoms with Crippen molar-refractivity contribution in [2.45, 2.75) is 39.7 Å². The minimum absolute atomic E-state index is 0.503. The molecule has 3 nitrogen and oxygen atoms in total. The fraction of sp³-hybridized carbons (Fsp3) is 0.562. The number of nitrogens with zero attached hydrogens (tertiary/aromatic N) is 2. The molecule has 0 bridgehead atoms. The summed E-state index contributed by atoms with van der Waals surface area (Å²) in [5.74, 6) is 0. The molecule has 0 aliphatic heterocycles. The molecule has 0 heterocycles. The number of benzene rings is 1. The molecule has 0 aliphatic carbocycles. The van der Waals surface area contributed by atoms with Crippen molar-refractivity contribution in [1.82, 2.24) is 5.32 Å². The topological polar surface area (TPSA) is 39.1 Å². The summed E-state index contributed by atoms with van der Waals surface area (Å²) in [4.78, 5) is 2.24. The van der Waals surface area contributed by atoms with Gasteiger partial charge >= 0.3 is 0 Å². The first-order valence-corrected chi connectivity index (χ1v) is 7.02. The van der Waals surface area contributed by atoms with E-state index < -0.39 is 5.54 Å². The van der Waals surface area contributed by atoms with Gasteiger partial charge in [-0.3, -0.25) is 5.32 Å². The van der Waals surface area contributed by atoms with Crippen LogP contribution in [0.15, 0.2) is 24.3 Å². The number of rotatable bonds is 7. The van der Waals surface area contributed by atoms with Gasteiger partial charge in [0.1, 0.15) is 5.54 Å². The minimum Gasteiger partial charge on any atom is -0.369 e. The van der Waals surface area contributed by atoms with Gasteiger partial charge in [0, 0.05) is 18.8 Å². The zero-order valence-corrected chi connectivity index (χ0v) is 12.5. The van der Waals surface area contributed by atoms with E-state index in [4.69, 9.17) is 0 Å². The summed E-state index contributed by atoms with van der Waals surface area (Å²) >= 11 is 0. The lowest BCUT2D eigenvalue weighted by atomic mass is 10.0. The standard InChI is InChI=1S/C16H25N3/c1-5-11-18-16(4,12-17)13-19(6-2)15-9-7-14(3)8-10-15/h7-10,18H,5-6,11,13H2,1-4H3. The van der Waals surface area contributed by atoms with Gasteiger partial charge in [0.25, 0.3) is 0 Å². The van der Waals surface area contributed by atoms with E-state index in [1.165, 1.54) is 11.3 Å². The second-order valence-electron chi connectivity index (χ2n) is 5.22. The van der Waals surface area contributed by atoms with Crippen molar-refractivity contribution in [3.05, 3.63) is 29.8 Å². The molecule has 1 aromatic carbocycles. The first-order chi connectivity index (χ1) is 9.04. The van der Waals surface area contributed by atoms with Crippen molar-refractivity contribution >= 4 is 5.69 Å². The zero-order valence-electron chi connectivity index (χ0n) is 12.5. The number of hydrogen-bond donors (Lipinski definition) is 1. The summed E-state index contributed by atoms with van der Waals surface area (Å²) in [6.45, 7) is 10.8. The van der Waals surface area contributed by atoms with Crippen LogP contribution in [0.2, 0.25) is 0 Å². The Balaban J connectivity index is 2.80. The van der Waals surface area contributed by atoms with Crippen LogP contribution in [0.25, 0.3) is 0 Å². The van der Waals surface area contributed by atoms with Crippen LogP contribution in [0.5, 0.6) is 0 Å². The Morgan fingerprint density at radius 1 is 1.26 bits per heavy atom. The Morgan fingerprint density at radius 2 is 1.89 bits per heavy atom. The predicted octanol–water partition coefficient (Wildman–Crippen LogP) is 3.10. The highest BCUT2D eigenvalue weighted by molar-refractivity contribution is 5.48. The highest BCUT2D eigenvalue weighted by Crippen LogP contribution is 2.17. The molecule has 1 atom stereocenters. The summed E-state index contributed by atoms with van der Waals surface area (Å²) in [6, 6.07) is 10.9. The van der Waals surface area contributed by atoms with Crippen molar-refractivity contribution in [3.8, 4) is 6.07 Å². The predicted molar refractivity (Wildman–Crippen MR) is 81.4 cm³/mol. The van der Waals surface area contributed by atoms with Crippen molar-refractivity contribution in [1.29, 1.82) is 5.26 Å². The third-order valence-corrected chi connectivity index (χ3v) is 3.30. The summed E-state index contributed by atoms with van der Waals surface area (Å²) in [5, 5.41) is 12.7. The van der Waals surface area contributed by atoms with E-state index in [9.17, 15) is 5.26 Å². The summed E-state index contributed by atoms with van der Waals surface area (Å²) in [6.07, 6.45) is 1.04. The van der Waals surface area contributed by atoms with Crippen molar-refractivity contribution in [3.63, 3.8) is 0 Å². The van der Waals surface area contributed by atoms with Crippen LogP contribution >= 0.6 is 0 Å². The largest absolute Gasteiger partial charge is 0.369 e. The van der Waals surface area contributed by atoms with Crippen molar-refractivity contribution in [2.75, 3.05) is 24.5 Å². The quantitative estimate of drug-likeness (QED) is 0.818. The van der Waals surface area contributed by atoms with E-state index in [0.29, 0.717) is 6.54 Å². The first-order valence-electron chi connectivity index (χ1n) is 7.02. The highest BCUT2D eigenvalue weighted by Gasteiger charge is 2.25. The number of likely N-dealkylation sites (N-methyl/N-ethyl adjacent to an activating group) is 1. The molecule has 19 heavy (non-hydrogen) atoms. The Morgan fingerprint density at radius 3 is 2.37 bits per heavy atom. The smallest absolute Gasteiger partial charge is 0.121 e. The van der Waals surface area contributed by atoms with Gasteiger partial charge in [-0.15, -0.1) is 0 Å². The Labute approximate surface area is 117 Å². The van der Waals surface area contributed by atoms with Crippen LogP contribution < -0.4 is 10.2 Å². The number of nitrogens with one attached hydrogen (secondary N) is 1. The number of hydrogen-bond acceptors (Lipinski definition) is 3. The third-order valence-electron chi connectivity index (χ3n) is 3.30. The molecule has 1 unspecified atom stereocenters. The van der Waals surface area contributed by atoms with Crippen molar-refractivity contribution < 1.29 is 0 Å². The third kappa shape index (κ3) is 4.57. The first kappa shape index (κ1) is 15.5. The molecule has 0 saturated carbocycles. The molecule has 104 valence electrons. The summed E-state index contributed by atoms with van der Waals surface area (Å²) in [5.41, 5.74) is 1.93. The maximum atomic E-state index is 9.41. The Bertz CT molecular complexity index is 419. The fourth-order valence-electron chi connectivity index (χ4n) is 2.05. The molecule has 0 saturated heterocycles. The maximum absolute atomic E-state index is 9.41. The molecule has 3 heteroatoms. The Kier molecular flexibility index (Phi) is 5.85.